The first-order valence-electron chi connectivity index (χ1n) is 33.7. The molecule has 4 N–H and O–H groups in total. The van der Waals surface area contributed by atoms with Gasteiger partial charge >= 0.3 is 0 Å². The molecule has 14 nitrogen and oxygen atoms in total. The smallest absolute Gasteiger partial charge is 0.168 e. The van der Waals surface area contributed by atoms with E-state index in [1.54, 1.807) is 0 Å². The van der Waals surface area contributed by atoms with Crippen LogP contribution in [0.2, 0.25) is 0 Å². The van der Waals surface area contributed by atoms with Crippen molar-refractivity contribution in [2.45, 2.75) is 119 Å². The number of ether oxygens (including phenoxy) is 6. The molecule has 0 saturated heterocycles. The average Bonchev–Trinajstić information content (AvgIpc) is 1.77. The molecule has 4 aliphatic heterocycles. The van der Waals surface area contributed by atoms with E-state index in [0.29, 0.717) is 85.4 Å². The zero-order valence-electron chi connectivity index (χ0n) is 54.8. The molecule has 478 valence electrons. The highest BCUT2D eigenvalue weighted by Crippen LogP contribution is 2.40. The summed E-state index contributed by atoms with van der Waals surface area (Å²) in [7, 11) is 0. The Morgan fingerprint density at radius 3 is 0.713 bits per heavy atom. The summed E-state index contributed by atoms with van der Waals surface area (Å²) < 4.78 is 39.5. The van der Waals surface area contributed by atoms with Crippen molar-refractivity contribution in [1.29, 1.82) is 0 Å². The summed E-state index contributed by atoms with van der Waals surface area (Å²) in [5.74, 6) is 16.9. The van der Waals surface area contributed by atoms with E-state index in [0.717, 1.165) is 189 Å². The standard InChI is InChI=1S/C80H82N8O6/c1-7-13-47-89-75-61-35-31-57(81-61)73(58-32-36-62(82-58)76(90-48-14-8-2)66-40-44-70(86-66)79(93-51-17-11-5)69-43-39-65(75)85-69)55-27-23-53(24-28-55)21-19-20-22-54-25-29-56(30-26-54)74-59-33-37-63(83-59)77(91-49-15-9-3)67-41-45-71(87-67)80(94-52-18-12-6)72-46-42-68(88-72)78(92-50-16-10-4)64-38-34-60(74)84-64/h23-46,85-88H,7-18,47-52H2,1-6H3. The van der Waals surface area contributed by atoms with Crippen molar-refractivity contribution in [3.63, 3.8) is 0 Å². The molecule has 94 heavy (non-hydrogen) atoms. The van der Waals surface area contributed by atoms with Gasteiger partial charge < -0.3 is 48.4 Å². The van der Waals surface area contributed by atoms with Gasteiger partial charge in [0.05, 0.1) is 107 Å². The molecule has 0 aliphatic carbocycles. The molecular formula is C80H82N8O6. The molecule has 0 unspecified atom stereocenters. The Morgan fingerprint density at radius 2 is 0.479 bits per heavy atom. The minimum atomic E-state index is 0.545. The Hall–Kier alpha value is -10.4. The van der Waals surface area contributed by atoms with E-state index in [-0.39, 0.29) is 0 Å². The quantitative estimate of drug-likeness (QED) is 0.0302. The second-order valence-electron chi connectivity index (χ2n) is 23.6. The van der Waals surface area contributed by atoms with Gasteiger partial charge in [-0.25, -0.2) is 19.9 Å². The lowest BCUT2D eigenvalue weighted by molar-refractivity contribution is 0.310. The highest BCUT2D eigenvalue weighted by Gasteiger charge is 2.22. The molecule has 0 fully saturated rings. The lowest BCUT2D eigenvalue weighted by Crippen LogP contribution is -1.99. The first kappa shape index (κ1) is 63.7. The molecule has 16 bridgehead atoms. The summed E-state index contributed by atoms with van der Waals surface area (Å²) in [6.07, 6.45) is 27.7. The van der Waals surface area contributed by atoms with Crippen LogP contribution in [0.3, 0.4) is 0 Å². The maximum Gasteiger partial charge on any atom is 0.168 e. The summed E-state index contributed by atoms with van der Waals surface area (Å²) in [6.45, 7) is 16.3. The van der Waals surface area contributed by atoms with E-state index in [2.05, 4.69) is 109 Å². The molecule has 2 aromatic carbocycles. The van der Waals surface area contributed by atoms with Gasteiger partial charge in [-0.1, -0.05) is 116 Å². The van der Waals surface area contributed by atoms with Gasteiger partial charge in [0, 0.05) is 22.3 Å². The van der Waals surface area contributed by atoms with Crippen molar-refractivity contribution in [2.24, 2.45) is 0 Å². The van der Waals surface area contributed by atoms with Crippen molar-refractivity contribution in [3.8, 4) is 80.4 Å². The molecule has 0 atom stereocenters. The number of nitrogens with one attached hydrogen (secondary N) is 4. The number of hydrogen-bond donors (Lipinski definition) is 4. The molecule has 4 aliphatic rings. The monoisotopic (exact) mass is 1250 g/mol. The number of nitrogens with zero attached hydrogens (tertiary/aromatic N) is 4. The summed E-state index contributed by atoms with van der Waals surface area (Å²) in [6, 6.07) is 32.7. The number of fused-ring (bicyclic) bond motifs is 16. The van der Waals surface area contributed by atoms with Crippen LogP contribution in [-0.2, 0) is 0 Å². The SMILES string of the molecule is CCCCOc1c2nc(c(-c3ccc(C#CC#Cc4ccc(-c5c6nc(c(OCCCC)c7ccc([nH]7)c(OCCCC)c7ccc([nH]7)c(OCCCC)c7nc5C=C7)C=C6)cc4)cc3)c3nc(c(OCCCC)c4ccc([nH]4)c(OCCCC)c4ccc1[nH]4)C=C3)C=C2. The molecule has 0 amide bonds. The van der Waals surface area contributed by atoms with E-state index in [9.17, 15) is 0 Å². The molecule has 0 radical (unpaired) electrons. The number of hydrogen-bond acceptors (Lipinski definition) is 10. The van der Waals surface area contributed by atoms with Crippen LogP contribution in [0.1, 0.15) is 175 Å². The van der Waals surface area contributed by atoms with Crippen LogP contribution in [0, 0.1) is 23.7 Å². The lowest BCUT2D eigenvalue weighted by Gasteiger charge is -2.08. The second kappa shape index (κ2) is 30.8. The number of aromatic amines is 4. The van der Waals surface area contributed by atoms with E-state index < -0.39 is 0 Å². The van der Waals surface area contributed by atoms with Crippen molar-refractivity contribution in [1.82, 2.24) is 39.9 Å². The Bertz CT molecular complexity index is 4150. The first-order valence-corrected chi connectivity index (χ1v) is 33.7. The van der Waals surface area contributed by atoms with Gasteiger partial charge in [-0.15, -0.1) is 0 Å². The van der Waals surface area contributed by atoms with Crippen LogP contribution >= 0.6 is 0 Å². The third-order valence-corrected chi connectivity index (χ3v) is 16.5. The summed E-state index contributed by atoms with van der Waals surface area (Å²) in [4.78, 5) is 35.8. The van der Waals surface area contributed by atoms with E-state index in [1.807, 2.05) is 121 Å². The molecule has 0 spiro atoms. The van der Waals surface area contributed by atoms with Crippen molar-refractivity contribution in [2.75, 3.05) is 39.6 Å². The van der Waals surface area contributed by atoms with Crippen LogP contribution in [-0.4, -0.2) is 79.5 Å². The number of aromatic nitrogens is 8. The van der Waals surface area contributed by atoms with Gasteiger partial charge in [0.25, 0.3) is 0 Å². The highest BCUT2D eigenvalue weighted by atomic mass is 16.5. The topological polar surface area (TPSA) is 170 Å². The van der Waals surface area contributed by atoms with Crippen LogP contribution < -0.4 is 28.4 Å². The molecule has 0 saturated carbocycles. The zero-order valence-corrected chi connectivity index (χ0v) is 54.8. The maximum absolute atomic E-state index is 6.60. The number of H-pyrrole nitrogens is 4. The fraction of sp³-hybridized carbons (Fsp3) is 0.300. The normalized spacial score (nSPS) is 11.9. The summed E-state index contributed by atoms with van der Waals surface area (Å²) >= 11 is 0. The summed E-state index contributed by atoms with van der Waals surface area (Å²) in [5.41, 5.74) is 17.6. The summed E-state index contributed by atoms with van der Waals surface area (Å²) in [5, 5.41) is 0. The molecule has 8 aromatic rings. The van der Waals surface area contributed by atoms with E-state index in [1.165, 1.54) is 0 Å². The fourth-order valence-electron chi connectivity index (χ4n) is 11.3. The zero-order chi connectivity index (χ0) is 64.6. The maximum atomic E-state index is 6.60. The van der Waals surface area contributed by atoms with Gasteiger partial charge in [0.2, 0.25) is 0 Å². The highest BCUT2D eigenvalue weighted by molar-refractivity contribution is 5.94. The predicted octanol–water partition coefficient (Wildman–Crippen LogP) is 19.4. The number of rotatable bonds is 26. The third kappa shape index (κ3) is 14.6. The van der Waals surface area contributed by atoms with Crippen molar-refractivity contribution >= 4 is 92.7 Å². The van der Waals surface area contributed by atoms with Gasteiger partial charge in [-0.05, 0) is 183 Å². The fourth-order valence-corrected chi connectivity index (χ4v) is 11.3. The third-order valence-electron chi connectivity index (χ3n) is 16.5. The van der Waals surface area contributed by atoms with Gasteiger partial charge in [0.15, 0.2) is 34.5 Å². The van der Waals surface area contributed by atoms with E-state index >= 15 is 0 Å². The molecule has 14 heteroatoms. The Morgan fingerprint density at radius 1 is 0.266 bits per heavy atom. The Labute approximate surface area is 550 Å². The largest absolute Gasteiger partial charge is 0.489 e. The number of unbranched alkanes of at least 4 members (excludes halogenated alkanes) is 6. The van der Waals surface area contributed by atoms with E-state index in [4.69, 9.17) is 48.4 Å². The van der Waals surface area contributed by atoms with Crippen molar-refractivity contribution < 1.29 is 28.4 Å². The minimum Gasteiger partial charge on any atom is -0.489 e. The second-order valence-corrected chi connectivity index (χ2v) is 23.6. The molecular weight excluding hydrogens is 1170 g/mol. The van der Waals surface area contributed by atoms with Crippen LogP contribution in [0.4, 0.5) is 0 Å². The van der Waals surface area contributed by atoms with Gasteiger partial charge in [-0.2, -0.15) is 0 Å². The van der Waals surface area contributed by atoms with Gasteiger partial charge in [-0.3, -0.25) is 0 Å². The molecule has 12 rings (SSSR count). The number of benzene rings is 2. The van der Waals surface area contributed by atoms with Crippen LogP contribution in [0.25, 0.3) is 115 Å². The van der Waals surface area contributed by atoms with Crippen LogP contribution in [0.15, 0.2) is 97.1 Å². The lowest BCUT2D eigenvalue weighted by atomic mass is 10.0. The van der Waals surface area contributed by atoms with Crippen LogP contribution in [0.5, 0.6) is 34.5 Å². The first-order chi connectivity index (χ1) is 46.3. The average molecular weight is 1250 g/mol. The predicted molar refractivity (Wildman–Crippen MR) is 385 cm³/mol. The van der Waals surface area contributed by atoms with Gasteiger partial charge in [0.1, 0.15) is 22.8 Å². The molecule has 6 aromatic heterocycles. The minimum absolute atomic E-state index is 0.545. The Balaban J connectivity index is 0.899. The van der Waals surface area contributed by atoms with Crippen molar-refractivity contribution in [3.05, 3.63) is 154 Å². The molecule has 10 heterocycles. The Kier molecular flexibility index (Phi) is 20.9.